The first-order valence-corrected chi connectivity index (χ1v) is 1.95. The van der Waals surface area contributed by atoms with Crippen LogP contribution < -0.4 is 0 Å². The summed E-state index contributed by atoms with van der Waals surface area (Å²) in [6, 6.07) is 0. The number of hydrogen-bond acceptors (Lipinski definition) is 1. The van der Waals surface area contributed by atoms with E-state index < -0.39 is 9.17 Å². The maximum Gasteiger partial charge on any atom is 0.761 e. The van der Waals surface area contributed by atoms with Crippen molar-refractivity contribution in [3.63, 3.8) is 0 Å². The second-order valence-electron chi connectivity index (χ2n) is 0.283. The Bertz CT molecular complexity index is 29.9. The first-order valence-electron chi connectivity index (χ1n) is 0.651. The fourth-order valence-corrected chi connectivity index (χ4v) is 0. The van der Waals surface area contributed by atoms with Gasteiger partial charge < -0.3 is 9.59 Å². The van der Waals surface area contributed by atoms with E-state index in [0.29, 0.717) is 0 Å². The summed E-state index contributed by atoms with van der Waals surface area (Å²) in [5.41, 5.74) is 0. The zero-order valence-corrected chi connectivity index (χ0v) is 5.72. The van der Waals surface area contributed by atoms with E-state index in [0.717, 1.165) is 0 Å². The van der Waals surface area contributed by atoms with Crippen LogP contribution in [-0.2, 0) is 4.46 Å². The minimum atomic E-state index is -3.13. The molecule has 0 spiro atoms. The third-order valence-corrected chi connectivity index (χ3v) is 0. The van der Waals surface area contributed by atoms with E-state index in [1.807, 2.05) is 0 Å². The summed E-state index contributed by atoms with van der Waals surface area (Å²) in [5.74, 6) is 0. The van der Waals surface area contributed by atoms with E-state index in [-0.39, 0.29) is 37.7 Å². The average Bonchev–Trinajstić information content (AvgIpc) is 0.811. The molecule has 0 aromatic carbocycles. The zero-order valence-electron chi connectivity index (χ0n) is 2.51. The van der Waals surface area contributed by atoms with Crippen LogP contribution in [0.15, 0.2) is 0 Å². The van der Waals surface area contributed by atoms with Gasteiger partial charge in [-0.15, -0.1) is 0 Å². The van der Waals surface area contributed by atoms with Crippen LogP contribution in [0, 0.1) is 0 Å². The molecular weight excluding hydrogens is 116 g/mol. The molecule has 0 rings (SSSR count). The molecule has 5 heteroatoms. The second kappa shape index (κ2) is 4.88. The predicted octanol–water partition coefficient (Wildman–Crippen LogP) is -1.99. The molecule has 0 aliphatic heterocycles. The molecule has 0 fully saturated rings. The van der Waals surface area contributed by atoms with Gasteiger partial charge in [-0.05, 0) is 0 Å². The molecule has 3 nitrogen and oxygen atoms in total. The van der Waals surface area contributed by atoms with Crippen LogP contribution in [0.5, 0.6) is 0 Å². The van der Waals surface area contributed by atoms with Gasteiger partial charge in [0.25, 0.3) is 0 Å². The van der Waals surface area contributed by atoms with Gasteiger partial charge in [-0.2, -0.15) is 0 Å². The Balaban J connectivity index is 0. The summed E-state index contributed by atoms with van der Waals surface area (Å²) >= 11 is 0. The van der Waals surface area contributed by atoms with Crippen molar-refractivity contribution in [2.24, 2.45) is 0 Å². The molecule has 2 radical (unpaired) electrons. The molecule has 5 heavy (non-hydrogen) atoms. The molecule has 0 atom stereocenters. The van der Waals surface area contributed by atoms with Gasteiger partial charge in [0.2, 0.25) is 0 Å². The Morgan fingerprint density at radius 2 is 1.40 bits per heavy atom. The zero-order chi connectivity index (χ0) is 3.58. The SMILES string of the molecule is O=[Si](O)O.[Ca]. The fourth-order valence-electron chi connectivity index (χ4n) is 0. The van der Waals surface area contributed by atoms with E-state index in [4.69, 9.17) is 14.1 Å². The Morgan fingerprint density at radius 3 is 1.40 bits per heavy atom. The van der Waals surface area contributed by atoms with E-state index in [9.17, 15) is 0 Å². The van der Waals surface area contributed by atoms with Crippen LogP contribution in [0.25, 0.3) is 0 Å². The molecule has 26 valence electrons. The van der Waals surface area contributed by atoms with Crippen LogP contribution in [0.2, 0.25) is 0 Å². The van der Waals surface area contributed by atoms with Crippen molar-refractivity contribution in [3.8, 4) is 0 Å². The van der Waals surface area contributed by atoms with Gasteiger partial charge in [0.15, 0.2) is 0 Å². The first kappa shape index (κ1) is 9.30. The Morgan fingerprint density at radius 1 is 1.40 bits per heavy atom. The van der Waals surface area contributed by atoms with Gasteiger partial charge >= 0.3 is 9.17 Å². The Kier molecular flexibility index (Phi) is 9.07. The van der Waals surface area contributed by atoms with Gasteiger partial charge in [0, 0.05) is 37.7 Å². The van der Waals surface area contributed by atoms with Gasteiger partial charge in [-0.3, -0.25) is 4.46 Å². The summed E-state index contributed by atoms with van der Waals surface area (Å²) in [4.78, 5) is 14.3. The van der Waals surface area contributed by atoms with E-state index in [1.54, 1.807) is 0 Å². The molecule has 0 aromatic heterocycles. The van der Waals surface area contributed by atoms with Crippen molar-refractivity contribution in [1.82, 2.24) is 0 Å². The number of rotatable bonds is 0. The van der Waals surface area contributed by atoms with E-state index in [2.05, 4.69) is 0 Å². The molecule has 0 amide bonds. The van der Waals surface area contributed by atoms with Crippen molar-refractivity contribution >= 4 is 46.9 Å². The van der Waals surface area contributed by atoms with Gasteiger partial charge in [-0.1, -0.05) is 0 Å². The molecule has 0 aromatic rings. The van der Waals surface area contributed by atoms with Crippen molar-refractivity contribution in [2.45, 2.75) is 0 Å². The molecule has 0 saturated heterocycles. The molecule has 0 aliphatic carbocycles. The van der Waals surface area contributed by atoms with Gasteiger partial charge in [0.05, 0.1) is 0 Å². The molecule has 0 bridgehead atoms. The standard InChI is InChI=1S/Ca.H2O3Si/c;1-4(2)3/h;1-2H. The van der Waals surface area contributed by atoms with Crippen LogP contribution in [0.1, 0.15) is 0 Å². The quantitative estimate of drug-likeness (QED) is 0.362. The van der Waals surface area contributed by atoms with Crippen LogP contribution in [0.4, 0.5) is 0 Å². The number of hydrogen-bond donors (Lipinski definition) is 2. The molecule has 0 unspecified atom stereocenters. The van der Waals surface area contributed by atoms with Crippen molar-refractivity contribution in [1.29, 1.82) is 0 Å². The molecule has 0 aliphatic rings. The maximum absolute atomic E-state index is 8.74. The molecular formula is H2CaO3Si. The molecule has 0 saturated carbocycles. The summed E-state index contributed by atoms with van der Waals surface area (Å²) in [5, 5.41) is 0. The summed E-state index contributed by atoms with van der Waals surface area (Å²) in [6.45, 7) is 0. The van der Waals surface area contributed by atoms with Gasteiger partial charge in [0.1, 0.15) is 0 Å². The van der Waals surface area contributed by atoms with Crippen molar-refractivity contribution in [3.05, 3.63) is 0 Å². The van der Waals surface area contributed by atoms with E-state index >= 15 is 0 Å². The van der Waals surface area contributed by atoms with Crippen LogP contribution >= 0.6 is 0 Å². The largest absolute Gasteiger partial charge is 0.761 e. The average molecular weight is 118 g/mol. The third kappa shape index (κ3) is 52.5. The predicted molar refractivity (Wildman–Crippen MR) is 16.6 cm³/mol. The first-order chi connectivity index (χ1) is 1.73. The maximum atomic E-state index is 8.74. The summed E-state index contributed by atoms with van der Waals surface area (Å²) in [7, 11) is -3.13. The monoisotopic (exact) mass is 118 g/mol. The Labute approximate surface area is 60.5 Å². The topological polar surface area (TPSA) is 57.5 Å². The fraction of sp³-hybridized carbons (Fsp3) is 0. The Hall–Kier alpha value is 0.877. The second-order valence-corrected chi connectivity index (χ2v) is 0.848. The van der Waals surface area contributed by atoms with Crippen molar-refractivity contribution in [2.75, 3.05) is 0 Å². The minimum absolute atomic E-state index is 0. The summed E-state index contributed by atoms with van der Waals surface area (Å²) < 4.78 is 8.74. The smallest absolute Gasteiger partial charge is 0.511 e. The normalized spacial score (nSPS) is 4.80. The third-order valence-electron chi connectivity index (χ3n) is 0. The van der Waals surface area contributed by atoms with Crippen LogP contribution in [0.3, 0.4) is 0 Å². The van der Waals surface area contributed by atoms with Crippen molar-refractivity contribution < 1.29 is 14.1 Å². The van der Waals surface area contributed by atoms with Crippen LogP contribution in [-0.4, -0.2) is 56.5 Å². The molecule has 2 N–H and O–H groups in total. The minimum Gasteiger partial charge on any atom is -0.511 e. The van der Waals surface area contributed by atoms with E-state index in [1.165, 1.54) is 0 Å². The summed E-state index contributed by atoms with van der Waals surface area (Å²) in [6.07, 6.45) is 0. The van der Waals surface area contributed by atoms with Gasteiger partial charge in [-0.25, -0.2) is 0 Å². The molecule has 0 heterocycles.